The summed E-state index contributed by atoms with van der Waals surface area (Å²) >= 11 is 0. The Balaban J connectivity index is 1.95. The van der Waals surface area contributed by atoms with E-state index in [4.69, 9.17) is 4.74 Å². The minimum Gasteiger partial charge on any atom is -0.494 e. The molecule has 4 rings (SSSR count). The number of ether oxygens (including phenoxy) is 1. The Kier molecular flexibility index (Phi) is 5.80. The van der Waals surface area contributed by atoms with Crippen molar-refractivity contribution in [2.45, 2.75) is 23.3 Å². The Bertz CT molecular complexity index is 1440. The molecule has 5 nitrogen and oxygen atoms in total. The normalized spacial score (nSPS) is 11.6. The van der Waals surface area contributed by atoms with Gasteiger partial charge < -0.3 is 9.30 Å². The first-order chi connectivity index (χ1) is 15.3. The second-order valence-electron chi connectivity index (χ2n) is 7.15. The third-order valence-electron chi connectivity index (χ3n) is 5.01. The number of aromatic nitrogens is 1. The highest BCUT2D eigenvalue weighted by atomic mass is 32.2. The number of nitrogens with zero attached hydrogens (tertiary/aromatic N) is 1. The van der Waals surface area contributed by atoms with Gasteiger partial charge in [0.25, 0.3) is 0 Å². The molecule has 0 unspecified atom stereocenters. The van der Waals surface area contributed by atoms with Gasteiger partial charge in [-0.15, -0.1) is 0 Å². The molecule has 0 N–H and O–H groups in total. The van der Waals surface area contributed by atoms with Gasteiger partial charge in [0, 0.05) is 12.7 Å². The van der Waals surface area contributed by atoms with Gasteiger partial charge in [-0.1, -0.05) is 12.1 Å². The maximum atomic E-state index is 13.3. The van der Waals surface area contributed by atoms with E-state index in [1.165, 1.54) is 24.4 Å². The van der Waals surface area contributed by atoms with Gasteiger partial charge in [-0.2, -0.15) is 0 Å². The number of hydrogen-bond acceptors (Lipinski definition) is 4. The molecule has 164 valence electrons. The first kappa shape index (κ1) is 21.7. The van der Waals surface area contributed by atoms with E-state index in [2.05, 4.69) is 0 Å². The molecule has 0 radical (unpaired) electrons. The number of rotatable bonds is 6. The Labute approximate surface area is 183 Å². The maximum absolute atomic E-state index is 13.3. The predicted molar refractivity (Wildman–Crippen MR) is 117 cm³/mol. The molecule has 1 heterocycles. The predicted octanol–water partition coefficient (Wildman–Crippen LogP) is 4.56. The van der Waals surface area contributed by atoms with Crippen molar-refractivity contribution in [2.75, 3.05) is 6.61 Å². The quantitative estimate of drug-likeness (QED) is 0.400. The van der Waals surface area contributed by atoms with E-state index >= 15 is 0 Å². The first-order valence-electron chi connectivity index (χ1n) is 9.84. The Morgan fingerprint density at radius 1 is 0.906 bits per heavy atom. The van der Waals surface area contributed by atoms with Crippen LogP contribution in [0, 0.1) is 11.6 Å². The lowest BCUT2D eigenvalue weighted by Gasteiger charge is -2.15. The van der Waals surface area contributed by atoms with Gasteiger partial charge in [0.15, 0.2) is 0 Å². The maximum Gasteiger partial charge on any atom is 0.211 e. The van der Waals surface area contributed by atoms with Crippen LogP contribution in [0.1, 0.15) is 12.5 Å². The fraction of sp³-hybridized carbons (Fsp3) is 0.125. The highest BCUT2D eigenvalue weighted by Crippen LogP contribution is 2.25. The number of halogens is 2. The monoisotopic (exact) mass is 455 g/mol. The van der Waals surface area contributed by atoms with Crippen molar-refractivity contribution in [1.29, 1.82) is 0 Å². The van der Waals surface area contributed by atoms with Gasteiger partial charge >= 0.3 is 0 Å². The summed E-state index contributed by atoms with van der Waals surface area (Å²) in [4.78, 5) is 12.6. The molecule has 0 bridgehead atoms. The number of fused-ring (bicyclic) bond motifs is 1. The summed E-state index contributed by atoms with van der Waals surface area (Å²) in [5.74, 6) is -0.543. The molecule has 0 aliphatic heterocycles. The SMILES string of the molecule is CCOc1ccc2c(c1)c(=O)c(S(=O)(=O)c1ccc(F)cc1)cn2Cc1ccc(F)cc1. The lowest BCUT2D eigenvalue weighted by molar-refractivity contribution is 0.340. The zero-order valence-electron chi connectivity index (χ0n) is 17.1. The van der Waals surface area contributed by atoms with E-state index < -0.39 is 26.0 Å². The molecule has 0 aliphatic carbocycles. The van der Waals surface area contributed by atoms with Crippen molar-refractivity contribution in [3.05, 3.63) is 100 Å². The van der Waals surface area contributed by atoms with Crippen LogP contribution in [-0.2, 0) is 16.4 Å². The summed E-state index contributed by atoms with van der Waals surface area (Å²) < 4.78 is 60.2. The summed E-state index contributed by atoms with van der Waals surface area (Å²) in [6.45, 7) is 2.38. The zero-order chi connectivity index (χ0) is 22.9. The molecule has 0 saturated carbocycles. The molecule has 3 aromatic carbocycles. The van der Waals surface area contributed by atoms with E-state index in [1.807, 2.05) is 0 Å². The van der Waals surface area contributed by atoms with Crippen LogP contribution >= 0.6 is 0 Å². The number of pyridine rings is 1. The molecule has 0 atom stereocenters. The van der Waals surface area contributed by atoms with E-state index in [0.717, 1.165) is 29.8 Å². The standard InChI is InChI=1S/C24H19F2NO4S/c1-2-31-19-9-12-22-21(13-19)24(28)23(32(29,30)20-10-7-18(26)8-11-20)15-27(22)14-16-3-5-17(25)6-4-16/h3-13,15H,2,14H2,1H3. The fourth-order valence-electron chi connectivity index (χ4n) is 3.46. The smallest absolute Gasteiger partial charge is 0.211 e. The minimum atomic E-state index is -4.23. The molecule has 0 amide bonds. The van der Waals surface area contributed by atoms with E-state index in [1.54, 1.807) is 35.8 Å². The molecule has 0 fully saturated rings. The van der Waals surface area contributed by atoms with Crippen LogP contribution in [0.3, 0.4) is 0 Å². The van der Waals surface area contributed by atoms with Gasteiger partial charge in [-0.05, 0) is 67.1 Å². The molecule has 0 saturated heterocycles. The van der Waals surface area contributed by atoms with E-state index in [9.17, 15) is 22.0 Å². The van der Waals surface area contributed by atoms with Crippen LogP contribution in [-0.4, -0.2) is 19.6 Å². The van der Waals surface area contributed by atoms with Gasteiger partial charge in [-0.3, -0.25) is 4.79 Å². The lowest BCUT2D eigenvalue weighted by Crippen LogP contribution is -2.20. The Hall–Kier alpha value is -3.52. The van der Waals surface area contributed by atoms with Crippen molar-refractivity contribution >= 4 is 20.7 Å². The first-order valence-corrected chi connectivity index (χ1v) is 11.3. The second-order valence-corrected chi connectivity index (χ2v) is 9.06. The van der Waals surface area contributed by atoms with E-state index in [0.29, 0.717) is 17.9 Å². The van der Waals surface area contributed by atoms with Crippen LogP contribution in [0.15, 0.2) is 87.5 Å². The zero-order valence-corrected chi connectivity index (χ0v) is 17.9. The summed E-state index contributed by atoms with van der Waals surface area (Å²) in [7, 11) is -4.23. The Morgan fingerprint density at radius 2 is 1.53 bits per heavy atom. The summed E-state index contributed by atoms with van der Waals surface area (Å²) in [5, 5.41) is 0.168. The summed E-state index contributed by atoms with van der Waals surface area (Å²) in [6, 6.07) is 15.0. The third kappa shape index (κ3) is 4.13. The highest BCUT2D eigenvalue weighted by molar-refractivity contribution is 7.91. The van der Waals surface area contributed by atoms with Crippen molar-refractivity contribution in [3.63, 3.8) is 0 Å². The molecule has 8 heteroatoms. The topological polar surface area (TPSA) is 65.4 Å². The van der Waals surface area contributed by atoms with Gasteiger partial charge in [0.05, 0.1) is 22.4 Å². The van der Waals surface area contributed by atoms with Crippen LogP contribution in [0.4, 0.5) is 8.78 Å². The summed E-state index contributed by atoms with van der Waals surface area (Å²) in [6.07, 6.45) is 1.27. The average Bonchev–Trinajstić information content (AvgIpc) is 2.77. The minimum absolute atomic E-state index is 0.168. The highest BCUT2D eigenvalue weighted by Gasteiger charge is 2.24. The largest absolute Gasteiger partial charge is 0.494 e. The molecule has 0 aliphatic rings. The molecule has 1 aromatic heterocycles. The molecular formula is C24H19F2NO4S. The van der Waals surface area contributed by atoms with Crippen LogP contribution in [0.2, 0.25) is 0 Å². The van der Waals surface area contributed by atoms with Crippen molar-refractivity contribution < 1.29 is 21.9 Å². The van der Waals surface area contributed by atoms with Gasteiger partial charge in [0.2, 0.25) is 15.3 Å². The summed E-state index contributed by atoms with van der Waals surface area (Å²) in [5.41, 5.74) is 0.539. The molecule has 0 spiro atoms. The number of benzene rings is 3. The van der Waals surface area contributed by atoms with Crippen molar-refractivity contribution in [3.8, 4) is 5.75 Å². The third-order valence-corrected chi connectivity index (χ3v) is 6.77. The van der Waals surface area contributed by atoms with Gasteiger partial charge in [0.1, 0.15) is 22.3 Å². The van der Waals surface area contributed by atoms with Crippen LogP contribution in [0.5, 0.6) is 5.75 Å². The van der Waals surface area contributed by atoms with Crippen molar-refractivity contribution in [1.82, 2.24) is 4.57 Å². The van der Waals surface area contributed by atoms with E-state index in [-0.39, 0.29) is 22.6 Å². The van der Waals surface area contributed by atoms with Crippen molar-refractivity contribution in [2.24, 2.45) is 0 Å². The van der Waals surface area contributed by atoms with Gasteiger partial charge in [-0.25, -0.2) is 17.2 Å². The fourth-order valence-corrected chi connectivity index (χ4v) is 4.82. The average molecular weight is 455 g/mol. The number of hydrogen-bond donors (Lipinski definition) is 0. The molecular weight excluding hydrogens is 436 g/mol. The lowest BCUT2D eigenvalue weighted by atomic mass is 10.1. The Morgan fingerprint density at radius 3 is 2.16 bits per heavy atom. The molecule has 4 aromatic rings. The molecule has 32 heavy (non-hydrogen) atoms. The number of sulfone groups is 1. The second kappa shape index (κ2) is 8.55. The van der Waals surface area contributed by atoms with Crippen LogP contribution in [0.25, 0.3) is 10.9 Å². The van der Waals surface area contributed by atoms with Crippen LogP contribution < -0.4 is 10.2 Å².